The van der Waals surface area contributed by atoms with Crippen LogP contribution in [0.2, 0.25) is 0 Å². The topological polar surface area (TPSA) is 40.5 Å². The highest BCUT2D eigenvalue weighted by molar-refractivity contribution is 14.0. The molecule has 1 heterocycles. The molecule has 0 radical (unpaired) electrons. The third-order valence-corrected chi connectivity index (χ3v) is 3.62. The van der Waals surface area contributed by atoms with Crippen molar-refractivity contribution >= 4 is 29.9 Å². The zero-order valence-electron chi connectivity index (χ0n) is 14.2. The lowest BCUT2D eigenvalue weighted by molar-refractivity contribution is 0.475. The number of benzene rings is 1. The molecule has 0 spiro atoms. The summed E-state index contributed by atoms with van der Waals surface area (Å²) in [4.78, 5) is 11.0. The number of nitrogens with one attached hydrogen (secondary N) is 1. The second kappa shape index (κ2) is 9.50. The summed E-state index contributed by atoms with van der Waals surface area (Å²) in [6, 6.07) is 14.5. The highest BCUT2D eigenvalue weighted by Gasteiger charge is 2.08. The highest BCUT2D eigenvalue weighted by atomic mass is 127. The fourth-order valence-corrected chi connectivity index (χ4v) is 2.37. The van der Waals surface area contributed by atoms with Crippen LogP contribution < -0.4 is 5.32 Å². The lowest BCUT2D eigenvalue weighted by Gasteiger charge is -2.23. The fraction of sp³-hybridized carbons (Fsp3) is 0.333. The van der Waals surface area contributed by atoms with Crippen molar-refractivity contribution in [1.29, 1.82) is 0 Å². The number of aryl methyl sites for hydroxylation is 2. The molecule has 0 aliphatic heterocycles. The van der Waals surface area contributed by atoms with E-state index < -0.39 is 0 Å². The maximum Gasteiger partial charge on any atom is 0.194 e. The Morgan fingerprint density at radius 2 is 1.87 bits per heavy atom. The standard InChI is InChI=1S/C18H24N4.HI/c1-14-8-5-6-10-16(14)13-22(4)18(19-3)20-12-17-11-7-9-15(2)21-17;/h5-11H,12-13H2,1-4H3,(H,19,20);1H. The van der Waals surface area contributed by atoms with Gasteiger partial charge in [0.2, 0.25) is 0 Å². The molecular formula is C18H25IN4. The van der Waals surface area contributed by atoms with E-state index in [1.165, 1.54) is 11.1 Å². The maximum atomic E-state index is 4.50. The number of hydrogen-bond acceptors (Lipinski definition) is 2. The summed E-state index contributed by atoms with van der Waals surface area (Å²) in [5.74, 6) is 0.867. The van der Waals surface area contributed by atoms with E-state index in [1.807, 2.05) is 32.2 Å². The molecule has 0 bridgehead atoms. The van der Waals surface area contributed by atoms with Crippen LogP contribution in [0.15, 0.2) is 47.5 Å². The Morgan fingerprint density at radius 1 is 1.13 bits per heavy atom. The van der Waals surface area contributed by atoms with Crippen LogP contribution in [-0.2, 0) is 13.1 Å². The summed E-state index contributed by atoms with van der Waals surface area (Å²) in [5, 5.41) is 3.37. The molecule has 0 atom stereocenters. The van der Waals surface area contributed by atoms with Crippen LogP contribution in [0.3, 0.4) is 0 Å². The average molecular weight is 424 g/mol. The Hall–Kier alpha value is -1.63. The molecule has 124 valence electrons. The summed E-state index contributed by atoms with van der Waals surface area (Å²) in [7, 11) is 3.85. The Morgan fingerprint density at radius 3 is 2.52 bits per heavy atom. The highest BCUT2D eigenvalue weighted by Crippen LogP contribution is 2.09. The van der Waals surface area contributed by atoms with Gasteiger partial charge in [-0.3, -0.25) is 9.98 Å². The number of aliphatic imine (C=N–C) groups is 1. The molecule has 2 rings (SSSR count). The van der Waals surface area contributed by atoms with Gasteiger partial charge in [0.15, 0.2) is 5.96 Å². The van der Waals surface area contributed by atoms with Crippen molar-refractivity contribution in [2.24, 2.45) is 4.99 Å². The van der Waals surface area contributed by atoms with Crippen LogP contribution >= 0.6 is 24.0 Å². The molecule has 0 amide bonds. The Balaban J connectivity index is 0.00000264. The Labute approximate surface area is 156 Å². The summed E-state index contributed by atoms with van der Waals surface area (Å²) in [5.41, 5.74) is 4.65. The van der Waals surface area contributed by atoms with Gasteiger partial charge in [0, 0.05) is 26.3 Å². The van der Waals surface area contributed by atoms with Gasteiger partial charge < -0.3 is 10.2 Å². The number of halogens is 1. The zero-order chi connectivity index (χ0) is 15.9. The van der Waals surface area contributed by atoms with Crippen LogP contribution in [0.4, 0.5) is 0 Å². The first-order valence-electron chi connectivity index (χ1n) is 7.49. The van der Waals surface area contributed by atoms with E-state index in [-0.39, 0.29) is 24.0 Å². The first-order valence-corrected chi connectivity index (χ1v) is 7.49. The van der Waals surface area contributed by atoms with Crippen molar-refractivity contribution in [2.75, 3.05) is 14.1 Å². The van der Waals surface area contributed by atoms with E-state index in [0.29, 0.717) is 6.54 Å². The van der Waals surface area contributed by atoms with Gasteiger partial charge >= 0.3 is 0 Å². The van der Waals surface area contributed by atoms with Gasteiger partial charge in [-0.25, -0.2) is 0 Å². The average Bonchev–Trinajstić information content (AvgIpc) is 2.50. The molecule has 0 aliphatic carbocycles. The smallest absolute Gasteiger partial charge is 0.194 e. The van der Waals surface area contributed by atoms with Crippen molar-refractivity contribution < 1.29 is 0 Å². The quantitative estimate of drug-likeness (QED) is 0.464. The van der Waals surface area contributed by atoms with Crippen molar-refractivity contribution in [3.05, 3.63) is 65.0 Å². The number of aromatic nitrogens is 1. The molecule has 0 aliphatic rings. The Bertz CT molecular complexity index is 655. The third kappa shape index (κ3) is 5.82. The normalized spacial score (nSPS) is 10.9. The fourth-order valence-electron chi connectivity index (χ4n) is 2.37. The SMILES string of the molecule is CN=C(NCc1cccc(C)n1)N(C)Cc1ccccc1C.I. The summed E-state index contributed by atoms with van der Waals surface area (Å²) < 4.78 is 0. The van der Waals surface area contributed by atoms with Gasteiger partial charge in [0.05, 0.1) is 12.2 Å². The number of guanidine groups is 1. The molecule has 5 heteroatoms. The zero-order valence-corrected chi connectivity index (χ0v) is 16.5. The number of pyridine rings is 1. The molecule has 4 nitrogen and oxygen atoms in total. The minimum atomic E-state index is 0. The van der Waals surface area contributed by atoms with Crippen molar-refractivity contribution in [3.63, 3.8) is 0 Å². The first-order chi connectivity index (χ1) is 10.6. The summed E-state index contributed by atoms with van der Waals surface area (Å²) in [6.45, 7) is 5.64. The van der Waals surface area contributed by atoms with E-state index in [9.17, 15) is 0 Å². The van der Waals surface area contributed by atoms with Gasteiger partial charge in [-0.2, -0.15) is 0 Å². The van der Waals surface area contributed by atoms with E-state index in [0.717, 1.165) is 23.9 Å². The molecule has 1 N–H and O–H groups in total. The molecule has 0 saturated heterocycles. The van der Waals surface area contributed by atoms with Gasteiger partial charge in [-0.05, 0) is 37.1 Å². The second-order valence-corrected chi connectivity index (χ2v) is 5.45. The summed E-state index contributed by atoms with van der Waals surface area (Å²) >= 11 is 0. The van der Waals surface area contributed by atoms with E-state index >= 15 is 0 Å². The molecule has 1 aromatic carbocycles. The maximum absolute atomic E-state index is 4.50. The van der Waals surface area contributed by atoms with Gasteiger partial charge in [0.25, 0.3) is 0 Å². The van der Waals surface area contributed by atoms with Gasteiger partial charge in [-0.15, -0.1) is 24.0 Å². The molecule has 0 fully saturated rings. The predicted molar refractivity (Wildman–Crippen MR) is 107 cm³/mol. The minimum Gasteiger partial charge on any atom is -0.351 e. The molecular weight excluding hydrogens is 399 g/mol. The van der Waals surface area contributed by atoms with Crippen LogP contribution in [-0.4, -0.2) is 29.9 Å². The lowest BCUT2D eigenvalue weighted by Crippen LogP contribution is -2.38. The lowest BCUT2D eigenvalue weighted by atomic mass is 10.1. The molecule has 0 unspecified atom stereocenters. The van der Waals surface area contributed by atoms with Crippen LogP contribution in [0.1, 0.15) is 22.5 Å². The predicted octanol–water partition coefficient (Wildman–Crippen LogP) is 3.52. The molecule has 0 saturated carbocycles. The van der Waals surface area contributed by atoms with E-state index in [2.05, 4.69) is 51.4 Å². The molecule has 23 heavy (non-hydrogen) atoms. The first kappa shape index (κ1) is 19.4. The van der Waals surface area contributed by atoms with Crippen LogP contribution in [0, 0.1) is 13.8 Å². The van der Waals surface area contributed by atoms with E-state index in [4.69, 9.17) is 0 Å². The number of rotatable bonds is 4. The minimum absolute atomic E-state index is 0. The van der Waals surface area contributed by atoms with Crippen LogP contribution in [0.5, 0.6) is 0 Å². The number of nitrogens with zero attached hydrogens (tertiary/aromatic N) is 3. The van der Waals surface area contributed by atoms with Gasteiger partial charge in [-0.1, -0.05) is 30.3 Å². The largest absolute Gasteiger partial charge is 0.351 e. The third-order valence-electron chi connectivity index (χ3n) is 3.62. The summed E-state index contributed by atoms with van der Waals surface area (Å²) in [6.07, 6.45) is 0. The Kier molecular flexibility index (Phi) is 8.02. The van der Waals surface area contributed by atoms with Crippen molar-refractivity contribution in [1.82, 2.24) is 15.2 Å². The molecule has 2 aromatic rings. The molecule has 1 aromatic heterocycles. The van der Waals surface area contributed by atoms with Gasteiger partial charge in [0.1, 0.15) is 0 Å². The van der Waals surface area contributed by atoms with Crippen molar-refractivity contribution in [3.8, 4) is 0 Å². The van der Waals surface area contributed by atoms with Crippen LogP contribution in [0.25, 0.3) is 0 Å². The second-order valence-electron chi connectivity index (χ2n) is 5.45. The monoisotopic (exact) mass is 424 g/mol. The van der Waals surface area contributed by atoms with E-state index in [1.54, 1.807) is 7.05 Å². The van der Waals surface area contributed by atoms with Crippen molar-refractivity contribution in [2.45, 2.75) is 26.9 Å². The number of hydrogen-bond donors (Lipinski definition) is 1.